The lowest BCUT2D eigenvalue weighted by Gasteiger charge is -2.41. The number of hydrogen-bond acceptors (Lipinski definition) is 3. The van der Waals surface area contributed by atoms with E-state index < -0.39 is 0 Å². The van der Waals surface area contributed by atoms with Crippen molar-refractivity contribution >= 4 is 11.7 Å². The Bertz CT molecular complexity index is 432. The number of rotatable bonds is 7. The molecule has 20 heavy (non-hydrogen) atoms. The highest BCUT2D eigenvalue weighted by Crippen LogP contribution is 2.43. The van der Waals surface area contributed by atoms with Crippen molar-refractivity contribution in [3.8, 4) is 0 Å². The van der Waals surface area contributed by atoms with E-state index in [0.717, 1.165) is 31.7 Å². The zero-order valence-corrected chi connectivity index (χ0v) is 12.5. The molecule has 1 aromatic heterocycles. The Balaban J connectivity index is 1.85. The third-order valence-electron chi connectivity index (χ3n) is 4.37. The van der Waals surface area contributed by atoms with Gasteiger partial charge in [-0.3, -0.25) is 4.79 Å². The van der Waals surface area contributed by atoms with Crippen molar-refractivity contribution in [3.63, 3.8) is 0 Å². The molecular weight excluding hydrogens is 250 g/mol. The van der Waals surface area contributed by atoms with Crippen LogP contribution in [0.2, 0.25) is 0 Å². The smallest absolute Gasteiger partial charge is 0.252 e. The lowest BCUT2D eigenvalue weighted by Crippen LogP contribution is -2.41. The van der Waals surface area contributed by atoms with Gasteiger partial charge in [0.15, 0.2) is 0 Å². The maximum Gasteiger partial charge on any atom is 0.252 e. The van der Waals surface area contributed by atoms with Crippen molar-refractivity contribution in [2.75, 3.05) is 18.4 Å². The van der Waals surface area contributed by atoms with Crippen LogP contribution in [0.15, 0.2) is 18.3 Å². The van der Waals surface area contributed by atoms with Crippen LogP contribution in [0.4, 0.5) is 5.82 Å². The van der Waals surface area contributed by atoms with Crippen LogP contribution in [0.3, 0.4) is 0 Å². The molecule has 1 heterocycles. The Morgan fingerprint density at radius 3 is 2.65 bits per heavy atom. The van der Waals surface area contributed by atoms with E-state index in [2.05, 4.69) is 29.5 Å². The minimum absolute atomic E-state index is 0.0146. The van der Waals surface area contributed by atoms with Crippen LogP contribution in [0.5, 0.6) is 0 Å². The summed E-state index contributed by atoms with van der Waals surface area (Å²) in [4.78, 5) is 16.4. The highest BCUT2D eigenvalue weighted by atomic mass is 16.1. The Kier molecular flexibility index (Phi) is 4.99. The van der Waals surface area contributed by atoms with E-state index in [9.17, 15) is 4.79 Å². The summed E-state index contributed by atoms with van der Waals surface area (Å²) in [7, 11) is 0. The van der Waals surface area contributed by atoms with E-state index in [-0.39, 0.29) is 5.91 Å². The van der Waals surface area contributed by atoms with E-state index in [1.165, 1.54) is 19.3 Å². The molecule has 0 atom stereocenters. The van der Waals surface area contributed by atoms with Crippen molar-refractivity contribution in [3.05, 3.63) is 23.9 Å². The number of aromatic nitrogens is 1. The van der Waals surface area contributed by atoms with Gasteiger partial charge in [0.25, 0.3) is 5.91 Å². The molecule has 0 unspecified atom stereocenters. The van der Waals surface area contributed by atoms with Crippen LogP contribution in [0.1, 0.15) is 56.3 Å². The van der Waals surface area contributed by atoms with Crippen LogP contribution >= 0.6 is 0 Å². The molecule has 1 amide bonds. The standard InChI is InChI=1S/C16H25N3O/c1-3-10-17-14-7-6-13(11-18-14)15(20)19-12-16(4-2)8-5-9-16/h6-7,11H,3-5,8-10,12H2,1-2H3,(H,17,18)(H,19,20). The first-order valence-electron chi connectivity index (χ1n) is 7.67. The topological polar surface area (TPSA) is 54.0 Å². The summed E-state index contributed by atoms with van der Waals surface area (Å²) in [5.74, 6) is 0.812. The second-order valence-electron chi connectivity index (χ2n) is 5.75. The van der Waals surface area contributed by atoms with Gasteiger partial charge in [-0.25, -0.2) is 4.98 Å². The van der Waals surface area contributed by atoms with E-state index in [1.54, 1.807) is 6.20 Å². The molecule has 2 rings (SSSR count). The average Bonchev–Trinajstić information content (AvgIpc) is 2.45. The number of nitrogens with one attached hydrogen (secondary N) is 2. The SMILES string of the molecule is CCCNc1ccc(C(=O)NCC2(CC)CCC2)cn1. The van der Waals surface area contributed by atoms with E-state index in [4.69, 9.17) is 0 Å². The zero-order valence-electron chi connectivity index (χ0n) is 12.5. The molecule has 1 aliphatic rings. The maximum absolute atomic E-state index is 12.1. The van der Waals surface area contributed by atoms with Gasteiger partial charge in [0, 0.05) is 19.3 Å². The van der Waals surface area contributed by atoms with Crippen molar-refractivity contribution in [1.29, 1.82) is 0 Å². The normalized spacial score (nSPS) is 16.3. The fourth-order valence-electron chi connectivity index (χ4n) is 2.59. The fraction of sp³-hybridized carbons (Fsp3) is 0.625. The summed E-state index contributed by atoms with van der Waals surface area (Å²) >= 11 is 0. The summed E-state index contributed by atoms with van der Waals surface area (Å²) < 4.78 is 0. The van der Waals surface area contributed by atoms with E-state index in [1.807, 2.05) is 12.1 Å². The quantitative estimate of drug-likeness (QED) is 0.803. The number of pyridine rings is 1. The molecule has 1 saturated carbocycles. The maximum atomic E-state index is 12.1. The second-order valence-corrected chi connectivity index (χ2v) is 5.75. The molecule has 1 aromatic rings. The fourth-order valence-corrected chi connectivity index (χ4v) is 2.59. The molecule has 4 heteroatoms. The highest BCUT2D eigenvalue weighted by Gasteiger charge is 2.35. The minimum atomic E-state index is -0.0146. The van der Waals surface area contributed by atoms with Gasteiger partial charge in [-0.2, -0.15) is 0 Å². The molecule has 0 saturated heterocycles. The Morgan fingerprint density at radius 1 is 1.35 bits per heavy atom. The Labute approximate surface area is 121 Å². The first-order chi connectivity index (χ1) is 9.69. The van der Waals surface area contributed by atoms with Crippen LogP contribution in [-0.2, 0) is 0 Å². The second kappa shape index (κ2) is 6.73. The number of amides is 1. The van der Waals surface area contributed by atoms with Crippen LogP contribution in [0, 0.1) is 5.41 Å². The Hall–Kier alpha value is -1.58. The average molecular weight is 275 g/mol. The van der Waals surface area contributed by atoms with Gasteiger partial charge in [-0.05, 0) is 43.2 Å². The first kappa shape index (κ1) is 14.8. The van der Waals surface area contributed by atoms with Gasteiger partial charge in [0.1, 0.15) is 5.82 Å². The molecule has 0 spiro atoms. The van der Waals surface area contributed by atoms with Gasteiger partial charge in [0.2, 0.25) is 0 Å². The van der Waals surface area contributed by atoms with Gasteiger partial charge >= 0.3 is 0 Å². The number of hydrogen-bond donors (Lipinski definition) is 2. The summed E-state index contributed by atoms with van der Waals surface area (Å²) in [6, 6.07) is 3.70. The molecule has 0 bridgehead atoms. The molecular formula is C16H25N3O. The number of carbonyl (C=O) groups excluding carboxylic acids is 1. The minimum Gasteiger partial charge on any atom is -0.370 e. The van der Waals surface area contributed by atoms with Gasteiger partial charge in [0.05, 0.1) is 5.56 Å². The molecule has 1 fully saturated rings. The lowest BCUT2D eigenvalue weighted by molar-refractivity contribution is 0.0850. The largest absolute Gasteiger partial charge is 0.370 e. The molecule has 0 aromatic carbocycles. The third-order valence-corrected chi connectivity index (χ3v) is 4.37. The summed E-state index contributed by atoms with van der Waals surface area (Å²) in [5.41, 5.74) is 0.990. The molecule has 1 aliphatic carbocycles. The summed E-state index contributed by atoms with van der Waals surface area (Å²) in [6.07, 6.45) is 7.62. The predicted molar refractivity (Wildman–Crippen MR) is 81.9 cm³/mol. The van der Waals surface area contributed by atoms with Crippen LogP contribution in [-0.4, -0.2) is 24.0 Å². The van der Waals surface area contributed by atoms with Gasteiger partial charge in [-0.1, -0.05) is 20.3 Å². The monoisotopic (exact) mass is 275 g/mol. The molecule has 0 aliphatic heterocycles. The number of anilines is 1. The summed E-state index contributed by atoms with van der Waals surface area (Å²) in [5, 5.41) is 6.26. The Morgan fingerprint density at radius 2 is 2.15 bits per heavy atom. The zero-order chi connectivity index (χ0) is 14.4. The molecule has 0 radical (unpaired) electrons. The first-order valence-corrected chi connectivity index (χ1v) is 7.67. The van der Waals surface area contributed by atoms with Crippen molar-refractivity contribution in [2.45, 2.75) is 46.0 Å². The number of carbonyl (C=O) groups is 1. The molecule has 110 valence electrons. The van der Waals surface area contributed by atoms with Crippen LogP contribution < -0.4 is 10.6 Å². The van der Waals surface area contributed by atoms with Crippen molar-refractivity contribution in [2.24, 2.45) is 5.41 Å². The number of nitrogens with zero attached hydrogens (tertiary/aromatic N) is 1. The van der Waals surface area contributed by atoms with Gasteiger partial charge in [-0.15, -0.1) is 0 Å². The van der Waals surface area contributed by atoms with Gasteiger partial charge < -0.3 is 10.6 Å². The summed E-state index contributed by atoms with van der Waals surface area (Å²) in [6.45, 7) is 6.01. The third kappa shape index (κ3) is 3.50. The molecule has 4 nitrogen and oxygen atoms in total. The van der Waals surface area contributed by atoms with E-state index in [0.29, 0.717) is 11.0 Å². The van der Waals surface area contributed by atoms with Crippen LogP contribution in [0.25, 0.3) is 0 Å². The van der Waals surface area contributed by atoms with Crippen molar-refractivity contribution in [1.82, 2.24) is 10.3 Å². The lowest BCUT2D eigenvalue weighted by atomic mass is 9.67. The van der Waals surface area contributed by atoms with Crippen molar-refractivity contribution < 1.29 is 4.79 Å². The van der Waals surface area contributed by atoms with E-state index >= 15 is 0 Å². The predicted octanol–water partition coefficient (Wildman–Crippen LogP) is 3.21. The molecule has 2 N–H and O–H groups in total. The highest BCUT2D eigenvalue weighted by molar-refractivity contribution is 5.94.